The number of carbonyl (C=O) groups excluding carboxylic acids is 2. The highest BCUT2D eigenvalue weighted by atomic mass is 32.2. The first-order chi connectivity index (χ1) is 13.6. The number of hydrogen-bond donors (Lipinski definition) is 3. The molecule has 1 aliphatic heterocycles. The number of methoxy groups -OCH3 is 1. The summed E-state index contributed by atoms with van der Waals surface area (Å²) in [4.78, 5) is 24.0. The molecule has 1 aromatic heterocycles. The van der Waals surface area contributed by atoms with Gasteiger partial charge in [0.25, 0.3) is 0 Å². The smallest absolute Gasteiger partial charge is 0.242 e. The predicted octanol–water partition coefficient (Wildman–Crippen LogP) is 2.04. The van der Waals surface area contributed by atoms with E-state index in [0.29, 0.717) is 29.0 Å². The summed E-state index contributed by atoms with van der Waals surface area (Å²) in [5, 5.41) is 17.7. The van der Waals surface area contributed by atoms with Gasteiger partial charge in [0.2, 0.25) is 16.9 Å². The van der Waals surface area contributed by atoms with Crippen molar-refractivity contribution >= 4 is 40.0 Å². The maximum absolute atomic E-state index is 12.1. The Bertz CT molecular complexity index is 797. The Balaban J connectivity index is 1.42. The maximum atomic E-state index is 12.1. The second-order valence-corrected chi connectivity index (χ2v) is 8.47. The van der Waals surface area contributed by atoms with Gasteiger partial charge in [-0.15, -0.1) is 10.2 Å². The Morgan fingerprint density at radius 2 is 2.14 bits per heavy atom. The Labute approximate surface area is 171 Å². The minimum atomic E-state index is -0.438. The van der Waals surface area contributed by atoms with Gasteiger partial charge in [0.1, 0.15) is 11.8 Å². The van der Waals surface area contributed by atoms with E-state index in [2.05, 4.69) is 26.1 Å². The molecule has 0 bridgehead atoms. The summed E-state index contributed by atoms with van der Waals surface area (Å²) in [6.07, 6.45) is 2.56. The summed E-state index contributed by atoms with van der Waals surface area (Å²) < 4.78 is 5.85. The molecule has 1 atom stereocenters. The number of benzene rings is 1. The third-order valence-corrected chi connectivity index (χ3v) is 6.22. The first kappa shape index (κ1) is 20.4. The lowest BCUT2D eigenvalue weighted by molar-refractivity contribution is -0.127. The molecule has 0 spiro atoms. The van der Waals surface area contributed by atoms with Crippen molar-refractivity contribution in [2.45, 2.75) is 36.2 Å². The lowest BCUT2D eigenvalue weighted by atomic mass is 10.1. The number of anilines is 1. The molecule has 150 valence electrons. The molecule has 2 heterocycles. The largest absolute Gasteiger partial charge is 0.497 e. The molecule has 3 N–H and O–H groups in total. The third-order valence-electron chi connectivity index (χ3n) is 4.21. The van der Waals surface area contributed by atoms with E-state index in [1.165, 1.54) is 23.1 Å². The van der Waals surface area contributed by atoms with Crippen LogP contribution < -0.4 is 20.7 Å². The number of carbonyl (C=O) groups is 2. The summed E-state index contributed by atoms with van der Waals surface area (Å²) in [7, 11) is 1.64. The number of ether oxygens (including phenoxy) is 1. The van der Waals surface area contributed by atoms with Crippen LogP contribution in [0.3, 0.4) is 0 Å². The average Bonchev–Trinajstić information content (AvgIpc) is 3.08. The molecule has 10 heteroatoms. The number of aromatic nitrogens is 2. The SMILES string of the molecule is COc1ccc(CNc2nnc(SCC(=O)NC3CCCCNC3=O)s2)cc1. The van der Waals surface area contributed by atoms with Gasteiger partial charge in [-0.25, -0.2) is 0 Å². The van der Waals surface area contributed by atoms with E-state index < -0.39 is 6.04 Å². The first-order valence-electron chi connectivity index (χ1n) is 9.04. The Morgan fingerprint density at radius 3 is 2.93 bits per heavy atom. The fourth-order valence-corrected chi connectivity index (χ4v) is 4.26. The van der Waals surface area contributed by atoms with Gasteiger partial charge in [-0.1, -0.05) is 35.2 Å². The standard InChI is InChI=1S/C18H23N5O3S2/c1-26-13-7-5-12(6-8-13)10-20-17-22-23-18(28-17)27-11-15(24)21-14-4-2-3-9-19-16(14)25/h5-8,14H,2-4,9-11H2,1H3,(H,19,25)(H,20,22)(H,21,24). The molecule has 1 saturated heterocycles. The van der Waals surface area contributed by atoms with E-state index in [0.717, 1.165) is 24.2 Å². The zero-order valence-corrected chi connectivity index (χ0v) is 17.2. The molecular formula is C18H23N5O3S2. The number of thioether (sulfide) groups is 1. The molecule has 0 saturated carbocycles. The highest BCUT2D eigenvalue weighted by Crippen LogP contribution is 2.25. The maximum Gasteiger partial charge on any atom is 0.242 e. The normalized spacial score (nSPS) is 16.8. The second kappa shape index (κ2) is 10.3. The molecule has 2 amide bonds. The molecule has 1 aliphatic rings. The second-order valence-electron chi connectivity index (χ2n) is 6.27. The minimum absolute atomic E-state index is 0.100. The van der Waals surface area contributed by atoms with Crippen LogP contribution in [-0.2, 0) is 16.1 Å². The Kier molecular flexibility index (Phi) is 7.49. The van der Waals surface area contributed by atoms with Crippen LogP contribution in [0.15, 0.2) is 28.6 Å². The molecule has 0 aliphatic carbocycles. The van der Waals surface area contributed by atoms with Gasteiger partial charge in [0.15, 0.2) is 4.34 Å². The molecule has 2 aromatic rings. The van der Waals surface area contributed by atoms with Crippen molar-refractivity contribution in [1.82, 2.24) is 20.8 Å². The van der Waals surface area contributed by atoms with E-state index >= 15 is 0 Å². The van der Waals surface area contributed by atoms with Crippen LogP contribution in [-0.4, -0.2) is 47.5 Å². The van der Waals surface area contributed by atoms with Crippen molar-refractivity contribution in [3.8, 4) is 5.75 Å². The van der Waals surface area contributed by atoms with Gasteiger partial charge in [-0.3, -0.25) is 9.59 Å². The monoisotopic (exact) mass is 421 g/mol. The fraction of sp³-hybridized carbons (Fsp3) is 0.444. The predicted molar refractivity (Wildman–Crippen MR) is 110 cm³/mol. The number of nitrogens with zero attached hydrogens (tertiary/aromatic N) is 2. The highest BCUT2D eigenvalue weighted by Gasteiger charge is 2.22. The lowest BCUT2D eigenvalue weighted by Gasteiger charge is -2.14. The average molecular weight is 422 g/mol. The number of nitrogens with one attached hydrogen (secondary N) is 3. The van der Waals surface area contributed by atoms with Crippen LogP contribution >= 0.6 is 23.1 Å². The van der Waals surface area contributed by atoms with Crippen molar-refractivity contribution in [3.05, 3.63) is 29.8 Å². The number of rotatable bonds is 8. The number of hydrogen-bond acceptors (Lipinski definition) is 8. The summed E-state index contributed by atoms with van der Waals surface area (Å²) in [5.41, 5.74) is 1.10. The van der Waals surface area contributed by atoms with Crippen LogP contribution in [0.2, 0.25) is 0 Å². The quantitative estimate of drug-likeness (QED) is 0.560. The lowest BCUT2D eigenvalue weighted by Crippen LogP contribution is -2.46. The van der Waals surface area contributed by atoms with Gasteiger partial charge in [-0.2, -0.15) is 0 Å². The zero-order chi connectivity index (χ0) is 19.8. The van der Waals surface area contributed by atoms with Crippen molar-refractivity contribution in [3.63, 3.8) is 0 Å². The van der Waals surface area contributed by atoms with Crippen molar-refractivity contribution < 1.29 is 14.3 Å². The summed E-state index contributed by atoms with van der Waals surface area (Å²) in [5.74, 6) is 0.751. The van der Waals surface area contributed by atoms with Crippen molar-refractivity contribution in [2.24, 2.45) is 0 Å². The van der Waals surface area contributed by atoms with Crippen molar-refractivity contribution in [2.75, 3.05) is 24.7 Å². The summed E-state index contributed by atoms with van der Waals surface area (Å²) in [6.45, 7) is 1.30. The summed E-state index contributed by atoms with van der Waals surface area (Å²) in [6, 6.07) is 7.34. The molecule has 1 fully saturated rings. The van der Waals surface area contributed by atoms with Gasteiger partial charge in [0, 0.05) is 13.1 Å². The van der Waals surface area contributed by atoms with E-state index in [1.54, 1.807) is 7.11 Å². The minimum Gasteiger partial charge on any atom is -0.497 e. The number of amides is 2. The van der Waals surface area contributed by atoms with Gasteiger partial charge < -0.3 is 20.7 Å². The molecule has 3 rings (SSSR count). The van der Waals surface area contributed by atoms with E-state index in [9.17, 15) is 9.59 Å². The van der Waals surface area contributed by atoms with E-state index in [-0.39, 0.29) is 17.6 Å². The topological polar surface area (TPSA) is 105 Å². The highest BCUT2D eigenvalue weighted by molar-refractivity contribution is 8.01. The van der Waals surface area contributed by atoms with Crippen LogP contribution in [0, 0.1) is 0 Å². The zero-order valence-electron chi connectivity index (χ0n) is 15.6. The van der Waals surface area contributed by atoms with Gasteiger partial charge in [0.05, 0.1) is 12.9 Å². The molecule has 8 nitrogen and oxygen atoms in total. The van der Waals surface area contributed by atoms with Crippen LogP contribution in [0.25, 0.3) is 0 Å². The molecule has 28 heavy (non-hydrogen) atoms. The first-order valence-corrected chi connectivity index (χ1v) is 10.8. The molecular weight excluding hydrogens is 398 g/mol. The molecule has 0 radical (unpaired) electrons. The Hall–Kier alpha value is -2.33. The van der Waals surface area contributed by atoms with E-state index in [4.69, 9.17) is 4.74 Å². The molecule has 1 unspecified atom stereocenters. The molecule has 1 aromatic carbocycles. The van der Waals surface area contributed by atoms with Crippen molar-refractivity contribution in [1.29, 1.82) is 0 Å². The fourth-order valence-electron chi connectivity index (χ4n) is 2.70. The third kappa shape index (κ3) is 6.10. The van der Waals surface area contributed by atoms with Crippen LogP contribution in [0.4, 0.5) is 5.13 Å². The van der Waals surface area contributed by atoms with Crippen LogP contribution in [0.5, 0.6) is 5.75 Å². The van der Waals surface area contributed by atoms with Gasteiger partial charge in [-0.05, 0) is 37.0 Å². The van der Waals surface area contributed by atoms with Crippen LogP contribution in [0.1, 0.15) is 24.8 Å². The van der Waals surface area contributed by atoms with E-state index in [1.807, 2.05) is 24.3 Å². The summed E-state index contributed by atoms with van der Waals surface area (Å²) >= 11 is 2.71. The van der Waals surface area contributed by atoms with Gasteiger partial charge >= 0.3 is 0 Å². The Morgan fingerprint density at radius 1 is 1.32 bits per heavy atom.